The molecule has 2 aromatic heterocycles. The summed E-state index contributed by atoms with van der Waals surface area (Å²) in [6, 6.07) is 7.50. The van der Waals surface area contributed by atoms with E-state index in [0.717, 1.165) is 31.9 Å². The monoisotopic (exact) mass is 641 g/mol. The molecule has 2 fully saturated rings. The normalized spacial score (nSPS) is 18.7. The molecule has 0 bridgehead atoms. The lowest BCUT2D eigenvalue weighted by molar-refractivity contribution is -0.137. The standard InChI is InChI=1S/C26H28F4IN7/c1-17-5-2-3-10-38(17)25-34-22(18-7-8-21(27)19(15-18)16-31)33-24(35-25)37-13-11-36(12-14-37)23-20(26(28,29)30)6-4-9-32-23/h4,6-9,15,17H,2-3,5,10-14,16H2,1H3. The van der Waals surface area contributed by atoms with Crippen molar-refractivity contribution in [3.05, 3.63) is 53.5 Å². The van der Waals surface area contributed by atoms with Crippen LogP contribution in [-0.4, -0.2) is 58.7 Å². The molecule has 0 N–H and O–H groups in total. The van der Waals surface area contributed by atoms with Crippen molar-refractivity contribution in [1.82, 2.24) is 19.9 Å². The van der Waals surface area contributed by atoms with E-state index >= 15 is 0 Å². The van der Waals surface area contributed by atoms with Gasteiger partial charge < -0.3 is 14.7 Å². The third-order valence-electron chi connectivity index (χ3n) is 7.07. The number of hydrogen-bond donors (Lipinski definition) is 0. The molecule has 0 aliphatic carbocycles. The van der Waals surface area contributed by atoms with Crippen LogP contribution in [0.15, 0.2) is 36.5 Å². The molecule has 5 rings (SSSR count). The van der Waals surface area contributed by atoms with Gasteiger partial charge in [-0.1, -0.05) is 22.6 Å². The smallest absolute Gasteiger partial charge is 0.353 e. The molecular formula is C26H28F4IN7. The summed E-state index contributed by atoms with van der Waals surface area (Å²) in [5.74, 6) is 1.17. The minimum Gasteiger partial charge on any atom is -0.353 e. The Balaban J connectivity index is 1.45. The van der Waals surface area contributed by atoms with Crippen LogP contribution < -0.4 is 14.7 Å². The molecule has 0 radical (unpaired) electrons. The van der Waals surface area contributed by atoms with Gasteiger partial charge in [0.25, 0.3) is 0 Å². The van der Waals surface area contributed by atoms with Crippen LogP contribution in [0.25, 0.3) is 11.4 Å². The molecule has 0 spiro atoms. The molecule has 0 amide bonds. The van der Waals surface area contributed by atoms with Crippen LogP contribution >= 0.6 is 22.6 Å². The van der Waals surface area contributed by atoms with Gasteiger partial charge >= 0.3 is 6.18 Å². The van der Waals surface area contributed by atoms with E-state index in [0.29, 0.717) is 59.5 Å². The molecule has 1 atom stereocenters. The highest BCUT2D eigenvalue weighted by molar-refractivity contribution is 14.1. The number of benzene rings is 1. The summed E-state index contributed by atoms with van der Waals surface area (Å²) in [5.41, 5.74) is 0.539. The molecule has 4 heterocycles. The van der Waals surface area contributed by atoms with Gasteiger partial charge in [-0.2, -0.15) is 28.1 Å². The quantitative estimate of drug-likeness (QED) is 0.200. The van der Waals surface area contributed by atoms with Gasteiger partial charge in [-0.15, -0.1) is 0 Å². The van der Waals surface area contributed by atoms with Crippen LogP contribution in [0.2, 0.25) is 0 Å². The fraction of sp³-hybridized carbons (Fsp3) is 0.462. The summed E-state index contributed by atoms with van der Waals surface area (Å²) in [5, 5.41) is 0. The second-order valence-corrected chi connectivity index (χ2v) is 10.3. The van der Waals surface area contributed by atoms with Crippen molar-refractivity contribution < 1.29 is 17.6 Å². The van der Waals surface area contributed by atoms with Crippen LogP contribution in [0.1, 0.15) is 37.3 Å². The second kappa shape index (κ2) is 11.1. The Morgan fingerprint density at radius 1 is 0.947 bits per heavy atom. The number of rotatable bonds is 5. The third kappa shape index (κ3) is 5.64. The molecule has 1 aromatic carbocycles. The maximum Gasteiger partial charge on any atom is 0.419 e. The summed E-state index contributed by atoms with van der Waals surface area (Å²) in [6.45, 7) is 4.51. The first kappa shape index (κ1) is 26.8. The van der Waals surface area contributed by atoms with Gasteiger partial charge in [0.2, 0.25) is 11.9 Å². The predicted octanol–water partition coefficient (Wildman–Crippen LogP) is 5.73. The van der Waals surface area contributed by atoms with E-state index in [4.69, 9.17) is 15.0 Å². The minimum absolute atomic E-state index is 0.0588. The van der Waals surface area contributed by atoms with Crippen molar-refractivity contribution in [2.45, 2.75) is 42.8 Å². The molecule has 1 unspecified atom stereocenters. The van der Waals surface area contributed by atoms with E-state index in [1.807, 2.05) is 4.90 Å². The Hall–Kier alpha value is -2.77. The highest BCUT2D eigenvalue weighted by Gasteiger charge is 2.36. The molecule has 202 valence electrons. The number of anilines is 3. The molecular weight excluding hydrogens is 613 g/mol. The second-order valence-electron chi connectivity index (χ2n) is 9.58. The highest BCUT2D eigenvalue weighted by Crippen LogP contribution is 2.36. The first-order valence-electron chi connectivity index (χ1n) is 12.6. The van der Waals surface area contributed by atoms with E-state index < -0.39 is 11.7 Å². The number of piperazine rings is 1. The lowest BCUT2D eigenvalue weighted by atomic mass is 10.0. The predicted molar refractivity (Wildman–Crippen MR) is 147 cm³/mol. The Kier molecular flexibility index (Phi) is 7.87. The van der Waals surface area contributed by atoms with Gasteiger partial charge in [0.15, 0.2) is 5.82 Å². The van der Waals surface area contributed by atoms with E-state index in [1.165, 1.54) is 18.3 Å². The minimum atomic E-state index is -4.48. The number of piperidine rings is 1. The average Bonchev–Trinajstić information content (AvgIpc) is 2.93. The fourth-order valence-electron chi connectivity index (χ4n) is 4.95. The number of pyridine rings is 1. The van der Waals surface area contributed by atoms with Gasteiger partial charge in [-0.25, -0.2) is 9.37 Å². The van der Waals surface area contributed by atoms with Gasteiger partial charge in [0.1, 0.15) is 11.6 Å². The largest absolute Gasteiger partial charge is 0.419 e. The number of alkyl halides is 4. The van der Waals surface area contributed by atoms with Crippen molar-refractivity contribution in [3.8, 4) is 11.4 Å². The molecule has 2 saturated heterocycles. The van der Waals surface area contributed by atoms with Gasteiger partial charge in [-0.05, 0) is 62.1 Å². The van der Waals surface area contributed by atoms with Gasteiger partial charge in [0.05, 0.1) is 5.56 Å². The number of aromatic nitrogens is 4. The maximum absolute atomic E-state index is 14.2. The number of hydrogen-bond acceptors (Lipinski definition) is 7. The van der Waals surface area contributed by atoms with E-state index in [-0.39, 0.29) is 17.7 Å². The van der Waals surface area contributed by atoms with E-state index in [2.05, 4.69) is 39.4 Å². The lowest BCUT2D eigenvalue weighted by Gasteiger charge is -2.37. The number of nitrogens with zero attached hydrogens (tertiary/aromatic N) is 7. The summed E-state index contributed by atoms with van der Waals surface area (Å²) >= 11 is 2.13. The first-order chi connectivity index (χ1) is 18.2. The van der Waals surface area contributed by atoms with E-state index in [1.54, 1.807) is 17.0 Å². The van der Waals surface area contributed by atoms with Crippen LogP contribution in [0.3, 0.4) is 0 Å². The summed E-state index contributed by atoms with van der Waals surface area (Å²) in [6.07, 6.45) is 0.134. The van der Waals surface area contributed by atoms with Crippen molar-refractivity contribution in [2.24, 2.45) is 0 Å². The Morgan fingerprint density at radius 2 is 1.68 bits per heavy atom. The van der Waals surface area contributed by atoms with Crippen LogP contribution in [0, 0.1) is 5.82 Å². The molecule has 2 aliphatic heterocycles. The Labute approximate surface area is 232 Å². The molecule has 38 heavy (non-hydrogen) atoms. The van der Waals surface area contributed by atoms with Crippen molar-refractivity contribution in [3.63, 3.8) is 0 Å². The van der Waals surface area contributed by atoms with Crippen molar-refractivity contribution in [2.75, 3.05) is 47.4 Å². The third-order valence-corrected chi connectivity index (χ3v) is 7.90. The van der Waals surface area contributed by atoms with Crippen LogP contribution in [0.4, 0.5) is 35.3 Å². The van der Waals surface area contributed by atoms with Gasteiger partial charge in [-0.3, -0.25) is 0 Å². The molecule has 2 aliphatic rings. The summed E-state index contributed by atoms with van der Waals surface area (Å²) in [7, 11) is 0. The zero-order chi connectivity index (χ0) is 26.9. The van der Waals surface area contributed by atoms with Gasteiger partial charge in [0, 0.05) is 55.0 Å². The Bertz CT molecular complexity index is 1280. The SMILES string of the molecule is CC1CCCCN1c1nc(-c2ccc(F)c(CI)c2)nc(N2CCN(c3ncccc3C(F)(F)F)CC2)n1. The molecule has 3 aromatic rings. The van der Waals surface area contributed by atoms with Crippen molar-refractivity contribution in [1.29, 1.82) is 0 Å². The van der Waals surface area contributed by atoms with E-state index in [9.17, 15) is 17.6 Å². The average molecular weight is 641 g/mol. The Morgan fingerprint density at radius 3 is 2.39 bits per heavy atom. The molecule has 12 heteroatoms. The number of halogens is 5. The zero-order valence-corrected chi connectivity index (χ0v) is 23.1. The molecule has 7 nitrogen and oxygen atoms in total. The maximum atomic E-state index is 14.2. The topological polar surface area (TPSA) is 61.3 Å². The highest BCUT2D eigenvalue weighted by atomic mass is 127. The lowest BCUT2D eigenvalue weighted by Crippen LogP contribution is -2.48. The fourth-order valence-corrected chi connectivity index (χ4v) is 5.54. The zero-order valence-electron chi connectivity index (χ0n) is 20.9. The first-order valence-corrected chi connectivity index (χ1v) is 14.2. The summed E-state index contributed by atoms with van der Waals surface area (Å²) < 4.78 is 55.4. The molecule has 0 saturated carbocycles. The van der Waals surface area contributed by atoms with Crippen LogP contribution in [-0.2, 0) is 10.6 Å². The summed E-state index contributed by atoms with van der Waals surface area (Å²) in [4.78, 5) is 24.2. The van der Waals surface area contributed by atoms with Crippen LogP contribution in [0.5, 0.6) is 0 Å². The van der Waals surface area contributed by atoms with Crippen molar-refractivity contribution >= 4 is 40.3 Å².